The number of aliphatic hydroxyl groups is 1. The molecule has 1 amide bonds. The lowest BCUT2D eigenvalue weighted by Crippen LogP contribution is -2.43. The largest absolute Gasteiger partial charge is 0.480 e. The van der Waals surface area contributed by atoms with Crippen LogP contribution >= 0.6 is 0 Å². The molecule has 0 aliphatic rings. The number of amides is 1. The average molecular weight is 252 g/mol. The normalized spacial score (nSPS) is 11.6. The first-order chi connectivity index (χ1) is 8.63. The van der Waals surface area contributed by atoms with Gasteiger partial charge in [0.1, 0.15) is 6.04 Å². The number of rotatable bonds is 7. The standard InChI is InChI=1S/C12H16N2O4/c15-7-6-10(12(17)18)14-11(16)8-13-9-4-2-1-3-5-9/h1-5,10,13,15H,6-8H2,(H,14,16)(H,17,18). The molecule has 0 bridgehead atoms. The molecule has 6 nitrogen and oxygen atoms in total. The number of carbonyl (C=O) groups is 2. The van der Waals surface area contributed by atoms with Crippen molar-refractivity contribution in [1.82, 2.24) is 5.32 Å². The van der Waals surface area contributed by atoms with Gasteiger partial charge in [-0.1, -0.05) is 18.2 Å². The Morgan fingerprint density at radius 1 is 1.22 bits per heavy atom. The fourth-order valence-corrected chi connectivity index (χ4v) is 1.37. The molecule has 6 heteroatoms. The third-order valence-electron chi connectivity index (χ3n) is 2.28. The highest BCUT2D eigenvalue weighted by Gasteiger charge is 2.18. The highest BCUT2D eigenvalue weighted by molar-refractivity contribution is 5.86. The maximum Gasteiger partial charge on any atom is 0.326 e. The molecule has 1 atom stereocenters. The second-order valence-corrected chi connectivity index (χ2v) is 3.69. The van der Waals surface area contributed by atoms with E-state index < -0.39 is 17.9 Å². The molecule has 0 aliphatic heterocycles. The summed E-state index contributed by atoms with van der Waals surface area (Å²) in [6.07, 6.45) is -0.00753. The van der Waals surface area contributed by atoms with E-state index in [1.165, 1.54) is 0 Å². The molecule has 0 aliphatic carbocycles. The molecule has 1 aromatic carbocycles. The van der Waals surface area contributed by atoms with Gasteiger partial charge in [-0.15, -0.1) is 0 Å². The fourth-order valence-electron chi connectivity index (χ4n) is 1.37. The SMILES string of the molecule is O=C(CNc1ccccc1)NC(CCO)C(=O)O. The van der Waals surface area contributed by atoms with Crippen molar-refractivity contribution >= 4 is 17.6 Å². The molecule has 0 heterocycles. The second-order valence-electron chi connectivity index (χ2n) is 3.69. The van der Waals surface area contributed by atoms with Crippen LogP contribution < -0.4 is 10.6 Å². The van der Waals surface area contributed by atoms with Crippen LogP contribution in [0.3, 0.4) is 0 Å². The zero-order valence-electron chi connectivity index (χ0n) is 9.80. The van der Waals surface area contributed by atoms with Crippen molar-refractivity contribution in [3.05, 3.63) is 30.3 Å². The Bertz CT molecular complexity index is 394. The van der Waals surface area contributed by atoms with Crippen LogP contribution in [0.25, 0.3) is 0 Å². The topological polar surface area (TPSA) is 98.7 Å². The van der Waals surface area contributed by atoms with Gasteiger partial charge in [0.15, 0.2) is 0 Å². The van der Waals surface area contributed by atoms with Crippen LogP contribution in [0.1, 0.15) is 6.42 Å². The number of aliphatic hydroxyl groups excluding tert-OH is 1. The van der Waals surface area contributed by atoms with Crippen molar-refractivity contribution in [2.45, 2.75) is 12.5 Å². The van der Waals surface area contributed by atoms with Gasteiger partial charge in [0.05, 0.1) is 6.54 Å². The Kier molecular flexibility index (Phi) is 5.66. The number of carbonyl (C=O) groups excluding carboxylic acids is 1. The van der Waals surface area contributed by atoms with E-state index >= 15 is 0 Å². The molecule has 98 valence electrons. The lowest BCUT2D eigenvalue weighted by molar-refractivity contribution is -0.142. The first-order valence-corrected chi connectivity index (χ1v) is 5.55. The van der Waals surface area contributed by atoms with Crippen molar-refractivity contribution in [2.75, 3.05) is 18.5 Å². The molecule has 0 radical (unpaired) electrons. The smallest absolute Gasteiger partial charge is 0.326 e. The third-order valence-corrected chi connectivity index (χ3v) is 2.28. The molecule has 1 rings (SSSR count). The lowest BCUT2D eigenvalue weighted by atomic mass is 10.2. The van der Waals surface area contributed by atoms with Gasteiger partial charge >= 0.3 is 5.97 Å². The maximum atomic E-state index is 11.5. The number of carboxylic acids is 1. The molecule has 0 saturated heterocycles. The van der Waals surface area contributed by atoms with Gasteiger partial charge in [-0.2, -0.15) is 0 Å². The predicted octanol–water partition coefficient (Wildman–Crippen LogP) is 0.0503. The number of anilines is 1. The summed E-state index contributed by atoms with van der Waals surface area (Å²) in [6, 6.07) is 8.05. The number of aliphatic carboxylic acids is 1. The van der Waals surface area contributed by atoms with Crippen molar-refractivity contribution in [3.63, 3.8) is 0 Å². The van der Waals surface area contributed by atoms with Gasteiger partial charge in [-0.3, -0.25) is 4.79 Å². The highest BCUT2D eigenvalue weighted by Crippen LogP contribution is 2.03. The number of hydrogen-bond donors (Lipinski definition) is 4. The van der Waals surface area contributed by atoms with Gasteiger partial charge in [0, 0.05) is 18.7 Å². The van der Waals surface area contributed by atoms with Crippen LogP contribution in [0.5, 0.6) is 0 Å². The van der Waals surface area contributed by atoms with E-state index in [0.29, 0.717) is 0 Å². The van der Waals surface area contributed by atoms with Crippen molar-refractivity contribution in [2.24, 2.45) is 0 Å². The molecule has 0 fully saturated rings. The molecule has 0 saturated carbocycles. The first-order valence-electron chi connectivity index (χ1n) is 5.55. The Morgan fingerprint density at radius 3 is 2.44 bits per heavy atom. The molecular formula is C12H16N2O4. The summed E-state index contributed by atoms with van der Waals surface area (Å²) >= 11 is 0. The van der Waals surface area contributed by atoms with E-state index in [1.54, 1.807) is 12.1 Å². The van der Waals surface area contributed by atoms with E-state index in [9.17, 15) is 9.59 Å². The summed E-state index contributed by atoms with van der Waals surface area (Å²) in [5, 5.41) is 22.7. The van der Waals surface area contributed by atoms with Gasteiger partial charge in [0.2, 0.25) is 5.91 Å². The van der Waals surface area contributed by atoms with Crippen molar-refractivity contribution < 1.29 is 19.8 Å². The van der Waals surface area contributed by atoms with E-state index in [1.807, 2.05) is 18.2 Å². The van der Waals surface area contributed by atoms with Crippen LogP contribution in [-0.2, 0) is 9.59 Å². The van der Waals surface area contributed by atoms with Crippen molar-refractivity contribution in [1.29, 1.82) is 0 Å². The summed E-state index contributed by atoms with van der Waals surface area (Å²) in [5.41, 5.74) is 0.779. The summed E-state index contributed by atoms with van der Waals surface area (Å²) in [4.78, 5) is 22.2. The van der Waals surface area contributed by atoms with Gasteiger partial charge in [0.25, 0.3) is 0 Å². The van der Waals surface area contributed by atoms with Gasteiger partial charge < -0.3 is 20.8 Å². The van der Waals surface area contributed by atoms with E-state index in [-0.39, 0.29) is 19.6 Å². The van der Waals surface area contributed by atoms with E-state index in [2.05, 4.69) is 10.6 Å². The minimum atomic E-state index is -1.16. The molecule has 0 aromatic heterocycles. The number of nitrogens with one attached hydrogen (secondary N) is 2. The minimum Gasteiger partial charge on any atom is -0.480 e. The molecule has 4 N–H and O–H groups in total. The summed E-state index contributed by atoms with van der Waals surface area (Å²) < 4.78 is 0. The van der Waals surface area contributed by atoms with Crippen molar-refractivity contribution in [3.8, 4) is 0 Å². The monoisotopic (exact) mass is 252 g/mol. The Hall–Kier alpha value is -2.08. The highest BCUT2D eigenvalue weighted by atomic mass is 16.4. The van der Waals surface area contributed by atoms with Crippen LogP contribution in [-0.4, -0.2) is 41.3 Å². The van der Waals surface area contributed by atoms with Crippen LogP contribution in [0.4, 0.5) is 5.69 Å². The van der Waals surface area contributed by atoms with E-state index in [4.69, 9.17) is 10.2 Å². The van der Waals surface area contributed by atoms with Crippen LogP contribution in [0, 0.1) is 0 Å². The summed E-state index contributed by atoms with van der Waals surface area (Å²) in [6.45, 7) is -0.303. The molecule has 18 heavy (non-hydrogen) atoms. The zero-order chi connectivity index (χ0) is 13.4. The Morgan fingerprint density at radius 2 is 1.89 bits per heavy atom. The zero-order valence-corrected chi connectivity index (χ0v) is 9.80. The minimum absolute atomic E-state index is 0.00753. The van der Waals surface area contributed by atoms with Crippen LogP contribution in [0.2, 0.25) is 0 Å². The maximum absolute atomic E-state index is 11.5. The van der Waals surface area contributed by atoms with Crippen LogP contribution in [0.15, 0.2) is 30.3 Å². The summed E-state index contributed by atoms with van der Waals surface area (Å²) in [7, 11) is 0. The molecule has 1 aromatic rings. The quantitative estimate of drug-likeness (QED) is 0.549. The van der Waals surface area contributed by atoms with E-state index in [0.717, 1.165) is 5.69 Å². The first kappa shape index (κ1) is 14.0. The Labute approximate surface area is 105 Å². The van der Waals surface area contributed by atoms with Gasteiger partial charge in [-0.25, -0.2) is 4.79 Å². The average Bonchev–Trinajstić information content (AvgIpc) is 2.37. The molecule has 1 unspecified atom stereocenters. The Balaban J connectivity index is 2.39. The number of hydrogen-bond acceptors (Lipinski definition) is 4. The molecule has 0 spiro atoms. The fraction of sp³-hybridized carbons (Fsp3) is 0.333. The number of carboxylic acid groups (broad SMARTS) is 1. The predicted molar refractivity (Wildman–Crippen MR) is 66.2 cm³/mol. The van der Waals surface area contributed by atoms with Gasteiger partial charge in [-0.05, 0) is 12.1 Å². The number of benzene rings is 1. The lowest BCUT2D eigenvalue weighted by Gasteiger charge is -2.13. The second kappa shape index (κ2) is 7.29. The number of para-hydroxylation sites is 1. The molecular weight excluding hydrogens is 236 g/mol. The summed E-state index contributed by atoms with van der Waals surface area (Å²) in [5.74, 6) is -1.59. The third kappa shape index (κ3) is 4.84.